The van der Waals surface area contributed by atoms with Crippen LogP contribution in [-0.2, 0) is 13.5 Å². The molecule has 0 saturated heterocycles. The number of Topliss-reactive ketones (excluding diaryl/α,β-unsaturated/α-hetero) is 1. The summed E-state index contributed by atoms with van der Waals surface area (Å²) < 4.78 is 8.28. The van der Waals surface area contributed by atoms with Crippen molar-refractivity contribution in [3.63, 3.8) is 0 Å². The SMILES string of the molecule is C=CC[C@@]1(Cc2cn(C)c3ccccc23)Oc2ccccc2C1=O. The average molecular weight is 317 g/mol. The number of nitrogens with zero attached hydrogens (tertiary/aromatic N) is 1. The van der Waals surface area contributed by atoms with Crippen molar-refractivity contribution in [1.29, 1.82) is 0 Å². The Morgan fingerprint density at radius 3 is 2.71 bits per heavy atom. The Hall–Kier alpha value is -2.81. The van der Waals surface area contributed by atoms with Gasteiger partial charge in [0.05, 0.1) is 5.56 Å². The minimum Gasteiger partial charge on any atom is -0.478 e. The summed E-state index contributed by atoms with van der Waals surface area (Å²) in [6.45, 7) is 3.84. The van der Waals surface area contributed by atoms with Crippen LogP contribution >= 0.6 is 0 Å². The van der Waals surface area contributed by atoms with Crippen LogP contribution < -0.4 is 4.74 Å². The zero-order valence-corrected chi connectivity index (χ0v) is 13.7. The fourth-order valence-corrected chi connectivity index (χ4v) is 3.68. The number of carbonyl (C=O) groups is 1. The van der Waals surface area contributed by atoms with Crippen LogP contribution in [0.3, 0.4) is 0 Å². The average Bonchev–Trinajstić information content (AvgIpc) is 3.05. The molecule has 1 aliphatic rings. The van der Waals surface area contributed by atoms with Gasteiger partial charge in [0.2, 0.25) is 5.78 Å². The predicted octanol–water partition coefficient (Wildman–Crippen LogP) is 4.31. The maximum Gasteiger partial charge on any atom is 0.210 e. The molecule has 3 nitrogen and oxygen atoms in total. The summed E-state index contributed by atoms with van der Waals surface area (Å²) in [6.07, 6.45) is 4.89. The van der Waals surface area contributed by atoms with E-state index in [9.17, 15) is 4.79 Å². The number of benzene rings is 2. The number of ketones is 1. The van der Waals surface area contributed by atoms with Crippen LogP contribution in [0, 0.1) is 0 Å². The molecule has 0 bridgehead atoms. The summed E-state index contributed by atoms with van der Waals surface area (Å²) >= 11 is 0. The van der Waals surface area contributed by atoms with Crippen molar-refractivity contribution < 1.29 is 9.53 Å². The smallest absolute Gasteiger partial charge is 0.210 e. The largest absolute Gasteiger partial charge is 0.478 e. The molecule has 1 aliphatic heterocycles. The van der Waals surface area contributed by atoms with E-state index in [0.717, 1.165) is 16.5 Å². The fraction of sp³-hybridized carbons (Fsp3) is 0.190. The Morgan fingerprint density at radius 2 is 1.92 bits per heavy atom. The molecule has 1 aromatic heterocycles. The molecule has 4 rings (SSSR count). The van der Waals surface area contributed by atoms with Crippen LogP contribution in [0.4, 0.5) is 0 Å². The number of aromatic nitrogens is 1. The zero-order chi connectivity index (χ0) is 16.7. The quantitative estimate of drug-likeness (QED) is 0.671. The second-order valence-corrected chi connectivity index (χ2v) is 6.37. The van der Waals surface area contributed by atoms with Gasteiger partial charge in [-0.1, -0.05) is 36.4 Å². The Labute approximate surface area is 141 Å². The van der Waals surface area contributed by atoms with E-state index < -0.39 is 5.60 Å². The number of ether oxygens (including phenoxy) is 1. The first-order valence-electron chi connectivity index (χ1n) is 8.11. The molecule has 24 heavy (non-hydrogen) atoms. The highest BCUT2D eigenvalue weighted by atomic mass is 16.5. The number of hydrogen-bond acceptors (Lipinski definition) is 2. The molecular formula is C21H19NO2. The lowest BCUT2D eigenvalue weighted by Crippen LogP contribution is -2.42. The van der Waals surface area contributed by atoms with E-state index in [4.69, 9.17) is 4.74 Å². The maximum atomic E-state index is 13.1. The molecule has 0 saturated carbocycles. The van der Waals surface area contributed by atoms with Crippen molar-refractivity contribution in [2.75, 3.05) is 0 Å². The molecular weight excluding hydrogens is 298 g/mol. The summed E-state index contributed by atoms with van der Waals surface area (Å²) in [7, 11) is 2.03. The lowest BCUT2D eigenvalue weighted by molar-refractivity contribution is 0.0572. The predicted molar refractivity (Wildman–Crippen MR) is 95.6 cm³/mol. The summed E-state index contributed by atoms with van der Waals surface area (Å²) in [5.41, 5.74) is 2.05. The van der Waals surface area contributed by atoms with Gasteiger partial charge in [-0.25, -0.2) is 0 Å². The van der Waals surface area contributed by atoms with Gasteiger partial charge in [0.15, 0.2) is 5.60 Å². The highest BCUT2D eigenvalue weighted by Crippen LogP contribution is 2.40. The molecule has 0 unspecified atom stereocenters. The van der Waals surface area contributed by atoms with Crippen molar-refractivity contribution in [1.82, 2.24) is 4.57 Å². The molecule has 0 spiro atoms. The van der Waals surface area contributed by atoms with E-state index in [2.05, 4.69) is 29.5 Å². The molecule has 0 N–H and O–H groups in total. The Balaban J connectivity index is 1.80. The van der Waals surface area contributed by atoms with Gasteiger partial charge in [0, 0.05) is 37.0 Å². The van der Waals surface area contributed by atoms with Gasteiger partial charge in [0.25, 0.3) is 0 Å². The van der Waals surface area contributed by atoms with E-state index in [0.29, 0.717) is 24.2 Å². The first kappa shape index (κ1) is 14.8. The maximum absolute atomic E-state index is 13.1. The van der Waals surface area contributed by atoms with Crippen LogP contribution in [0.5, 0.6) is 5.75 Å². The van der Waals surface area contributed by atoms with Gasteiger partial charge < -0.3 is 9.30 Å². The lowest BCUT2D eigenvalue weighted by Gasteiger charge is -2.26. The number of para-hydroxylation sites is 2. The third-order valence-corrected chi connectivity index (χ3v) is 4.78. The second-order valence-electron chi connectivity index (χ2n) is 6.37. The van der Waals surface area contributed by atoms with E-state index in [1.807, 2.05) is 43.4 Å². The molecule has 0 radical (unpaired) electrons. The Bertz CT molecular complexity index is 953. The molecule has 1 atom stereocenters. The van der Waals surface area contributed by atoms with Crippen molar-refractivity contribution in [3.05, 3.63) is 78.5 Å². The van der Waals surface area contributed by atoms with Gasteiger partial charge in [-0.2, -0.15) is 0 Å². The Kier molecular flexibility index (Phi) is 3.31. The molecule has 0 fully saturated rings. The van der Waals surface area contributed by atoms with Gasteiger partial charge in [-0.05, 0) is 23.8 Å². The monoisotopic (exact) mass is 317 g/mol. The van der Waals surface area contributed by atoms with Crippen LogP contribution in [0.1, 0.15) is 22.3 Å². The van der Waals surface area contributed by atoms with Crippen LogP contribution in [-0.4, -0.2) is 16.0 Å². The summed E-state index contributed by atoms with van der Waals surface area (Å²) in [4.78, 5) is 13.1. The minimum atomic E-state index is -0.893. The van der Waals surface area contributed by atoms with Crippen molar-refractivity contribution in [3.8, 4) is 5.75 Å². The number of aryl methyl sites for hydroxylation is 1. The van der Waals surface area contributed by atoms with Gasteiger partial charge in [-0.3, -0.25) is 4.79 Å². The molecule has 2 heterocycles. The first-order valence-corrected chi connectivity index (χ1v) is 8.11. The van der Waals surface area contributed by atoms with Crippen LogP contribution in [0.2, 0.25) is 0 Å². The third kappa shape index (κ3) is 2.08. The fourth-order valence-electron chi connectivity index (χ4n) is 3.68. The van der Waals surface area contributed by atoms with Gasteiger partial charge >= 0.3 is 0 Å². The lowest BCUT2D eigenvalue weighted by atomic mass is 9.86. The summed E-state index contributed by atoms with van der Waals surface area (Å²) in [5.74, 6) is 0.718. The molecule has 120 valence electrons. The Morgan fingerprint density at radius 1 is 1.17 bits per heavy atom. The normalized spacial score (nSPS) is 19.3. The highest BCUT2D eigenvalue weighted by molar-refractivity contribution is 6.08. The number of hydrogen-bond donors (Lipinski definition) is 0. The van der Waals surface area contributed by atoms with E-state index in [-0.39, 0.29) is 5.78 Å². The van der Waals surface area contributed by atoms with Crippen molar-refractivity contribution in [2.24, 2.45) is 7.05 Å². The third-order valence-electron chi connectivity index (χ3n) is 4.78. The van der Waals surface area contributed by atoms with E-state index in [1.54, 1.807) is 6.08 Å². The number of rotatable bonds is 4. The van der Waals surface area contributed by atoms with Crippen molar-refractivity contribution >= 4 is 16.7 Å². The van der Waals surface area contributed by atoms with E-state index >= 15 is 0 Å². The van der Waals surface area contributed by atoms with Crippen LogP contribution in [0.25, 0.3) is 10.9 Å². The van der Waals surface area contributed by atoms with Gasteiger partial charge in [-0.15, -0.1) is 6.58 Å². The molecule has 2 aromatic carbocycles. The summed E-state index contributed by atoms with van der Waals surface area (Å²) in [5, 5.41) is 1.16. The molecule has 0 amide bonds. The number of carbonyl (C=O) groups excluding carboxylic acids is 1. The van der Waals surface area contributed by atoms with Gasteiger partial charge in [0.1, 0.15) is 5.75 Å². The van der Waals surface area contributed by atoms with Crippen LogP contribution in [0.15, 0.2) is 67.4 Å². The standard InChI is InChI=1S/C21H19NO2/c1-3-12-21(20(23)17-9-5-7-11-19(17)24-21)13-15-14-22(2)18-10-6-4-8-16(15)18/h3-11,14H,1,12-13H2,2H3/t21-/m0/s1. The topological polar surface area (TPSA) is 31.2 Å². The first-order chi connectivity index (χ1) is 11.6. The zero-order valence-electron chi connectivity index (χ0n) is 13.7. The number of fused-ring (bicyclic) bond motifs is 2. The molecule has 3 heteroatoms. The van der Waals surface area contributed by atoms with E-state index in [1.165, 1.54) is 0 Å². The minimum absolute atomic E-state index is 0.0472. The molecule has 3 aromatic rings. The summed E-state index contributed by atoms with van der Waals surface area (Å²) in [6, 6.07) is 15.7. The highest BCUT2D eigenvalue weighted by Gasteiger charge is 2.47. The second kappa shape index (κ2) is 5.38. The van der Waals surface area contributed by atoms with Crippen molar-refractivity contribution in [2.45, 2.75) is 18.4 Å². The molecule has 0 aliphatic carbocycles.